The minimum Gasteiger partial charge on any atom is -0.322 e. The molecule has 1 aliphatic rings. The first-order valence-electron chi connectivity index (χ1n) is 8.75. The van der Waals surface area contributed by atoms with Crippen molar-refractivity contribution in [1.82, 2.24) is 24.5 Å². The third-order valence-corrected chi connectivity index (χ3v) is 6.47. The van der Waals surface area contributed by atoms with E-state index in [4.69, 9.17) is 0 Å². The fraction of sp³-hybridized carbons (Fsp3) is 0.500. The number of piperidine rings is 1. The van der Waals surface area contributed by atoms with Crippen LogP contribution in [0.25, 0.3) is 5.69 Å². The molecule has 1 aromatic carbocycles. The number of carbonyl (C=O) groups excluding carboxylic acids is 1. The number of halogens is 1. The Labute approximate surface area is 156 Å². The molecular formula is C16H21FN6O3S. The Kier molecular flexibility index (Phi) is 5.80. The number of nitrogens with one attached hydrogen (secondary N) is 1. The SMILES string of the molecule is CCCS(=O)(=O)N1CCCCC1C(=O)Nc1cc(-n2cnnn2)ccc1F. The Hall–Kier alpha value is -2.40. The summed E-state index contributed by atoms with van der Waals surface area (Å²) in [5.74, 6) is -1.18. The minimum absolute atomic E-state index is 0.0140. The van der Waals surface area contributed by atoms with Crippen LogP contribution < -0.4 is 5.32 Å². The van der Waals surface area contributed by atoms with Crippen molar-refractivity contribution in [1.29, 1.82) is 0 Å². The van der Waals surface area contributed by atoms with Crippen LogP contribution in [-0.4, -0.2) is 57.2 Å². The molecule has 1 saturated heterocycles. The second-order valence-corrected chi connectivity index (χ2v) is 8.39. The van der Waals surface area contributed by atoms with Crippen LogP contribution in [0.5, 0.6) is 0 Å². The number of carbonyl (C=O) groups is 1. The lowest BCUT2D eigenvalue weighted by Crippen LogP contribution is -2.50. The molecule has 2 aromatic rings. The van der Waals surface area contributed by atoms with Crippen LogP contribution in [0.2, 0.25) is 0 Å². The highest BCUT2D eigenvalue weighted by atomic mass is 32.2. The molecule has 1 N–H and O–H groups in total. The van der Waals surface area contributed by atoms with Gasteiger partial charge < -0.3 is 5.32 Å². The number of anilines is 1. The molecule has 1 aromatic heterocycles. The summed E-state index contributed by atoms with van der Waals surface area (Å²) in [5.41, 5.74) is 0.419. The first-order valence-corrected chi connectivity index (χ1v) is 10.4. The van der Waals surface area contributed by atoms with Crippen LogP contribution >= 0.6 is 0 Å². The van der Waals surface area contributed by atoms with Crippen LogP contribution in [0.4, 0.5) is 10.1 Å². The van der Waals surface area contributed by atoms with Crippen molar-refractivity contribution in [3.8, 4) is 5.69 Å². The number of hydrogen-bond donors (Lipinski definition) is 1. The summed E-state index contributed by atoms with van der Waals surface area (Å²) in [6, 6.07) is 3.22. The number of aromatic nitrogens is 4. The lowest BCUT2D eigenvalue weighted by atomic mass is 10.0. The van der Waals surface area contributed by atoms with Gasteiger partial charge in [0.1, 0.15) is 18.2 Å². The maximum atomic E-state index is 14.2. The molecule has 146 valence electrons. The monoisotopic (exact) mass is 396 g/mol. The summed E-state index contributed by atoms with van der Waals surface area (Å²) in [7, 11) is -3.53. The van der Waals surface area contributed by atoms with Crippen LogP contribution in [0.15, 0.2) is 24.5 Å². The Morgan fingerprint density at radius 3 is 2.89 bits per heavy atom. The van der Waals surface area contributed by atoms with E-state index >= 15 is 0 Å². The molecule has 27 heavy (non-hydrogen) atoms. The second kappa shape index (κ2) is 8.09. The number of tetrazole rings is 1. The van der Waals surface area contributed by atoms with E-state index in [1.54, 1.807) is 6.92 Å². The van der Waals surface area contributed by atoms with Crippen molar-refractivity contribution < 1.29 is 17.6 Å². The van der Waals surface area contributed by atoms with Gasteiger partial charge in [0.15, 0.2) is 0 Å². The quantitative estimate of drug-likeness (QED) is 0.789. The van der Waals surface area contributed by atoms with Crippen LogP contribution in [0.3, 0.4) is 0 Å². The van der Waals surface area contributed by atoms with Gasteiger partial charge in [-0.25, -0.2) is 17.5 Å². The average Bonchev–Trinajstić information content (AvgIpc) is 3.18. The molecule has 1 unspecified atom stereocenters. The maximum Gasteiger partial charge on any atom is 0.242 e. The number of rotatable bonds is 6. The summed E-state index contributed by atoms with van der Waals surface area (Å²) in [6.07, 6.45) is 3.66. The van der Waals surface area contributed by atoms with Crippen molar-refractivity contribution in [3.63, 3.8) is 0 Å². The summed E-state index contributed by atoms with van der Waals surface area (Å²) < 4.78 is 41.7. The van der Waals surface area contributed by atoms with E-state index in [2.05, 4.69) is 20.8 Å². The lowest BCUT2D eigenvalue weighted by Gasteiger charge is -2.33. The highest BCUT2D eigenvalue weighted by molar-refractivity contribution is 7.89. The van der Waals surface area contributed by atoms with Gasteiger partial charge in [-0.05, 0) is 47.9 Å². The Bertz CT molecular complexity index is 903. The lowest BCUT2D eigenvalue weighted by molar-refractivity contribution is -0.120. The van der Waals surface area contributed by atoms with E-state index in [-0.39, 0.29) is 11.4 Å². The van der Waals surface area contributed by atoms with Gasteiger partial charge in [-0.15, -0.1) is 5.10 Å². The zero-order chi connectivity index (χ0) is 19.4. The normalized spacial score (nSPS) is 18.4. The van der Waals surface area contributed by atoms with E-state index in [9.17, 15) is 17.6 Å². The Morgan fingerprint density at radius 2 is 2.19 bits per heavy atom. The molecule has 0 spiro atoms. The van der Waals surface area contributed by atoms with Crippen molar-refractivity contribution in [2.45, 2.75) is 38.6 Å². The maximum absolute atomic E-state index is 14.2. The van der Waals surface area contributed by atoms with Crippen LogP contribution in [-0.2, 0) is 14.8 Å². The van der Waals surface area contributed by atoms with E-state index < -0.39 is 27.8 Å². The summed E-state index contributed by atoms with van der Waals surface area (Å²) in [4.78, 5) is 12.7. The van der Waals surface area contributed by atoms with Gasteiger partial charge in [-0.2, -0.15) is 4.31 Å². The predicted molar refractivity (Wildman–Crippen MR) is 96.2 cm³/mol. The number of amides is 1. The molecule has 11 heteroatoms. The van der Waals surface area contributed by atoms with Crippen molar-refractivity contribution in [3.05, 3.63) is 30.3 Å². The molecule has 0 saturated carbocycles. The number of benzene rings is 1. The predicted octanol–water partition coefficient (Wildman–Crippen LogP) is 1.33. The van der Waals surface area contributed by atoms with Gasteiger partial charge in [-0.1, -0.05) is 13.3 Å². The third-order valence-electron chi connectivity index (χ3n) is 4.40. The first kappa shape index (κ1) is 19.4. The molecule has 1 atom stereocenters. The van der Waals surface area contributed by atoms with Gasteiger partial charge in [-0.3, -0.25) is 4.79 Å². The van der Waals surface area contributed by atoms with Crippen molar-refractivity contribution in [2.75, 3.05) is 17.6 Å². The van der Waals surface area contributed by atoms with E-state index in [0.717, 1.165) is 6.42 Å². The Balaban J connectivity index is 1.82. The van der Waals surface area contributed by atoms with Crippen LogP contribution in [0.1, 0.15) is 32.6 Å². The standard InChI is InChI=1S/C16H21FN6O3S/c1-2-9-27(25,26)23-8-4-3-5-15(23)16(24)19-14-10-12(6-7-13(14)17)22-11-18-20-21-22/h6-7,10-11,15H,2-5,8-9H2,1H3,(H,19,24). The molecule has 1 aliphatic heterocycles. The van der Waals surface area contributed by atoms with Crippen molar-refractivity contribution in [2.24, 2.45) is 0 Å². The van der Waals surface area contributed by atoms with E-state index in [0.29, 0.717) is 31.5 Å². The smallest absolute Gasteiger partial charge is 0.242 e. The van der Waals surface area contributed by atoms with Crippen LogP contribution in [0, 0.1) is 5.82 Å². The summed E-state index contributed by atoms with van der Waals surface area (Å²) >= 11 is 0. The zero-order valence-electron chi connectivity index (χ0n) is 14.9. The van der Waals surface area contributed by atoms with Gasteiger partial charge in [0.05, 0.1) is 17.1 Å². The van der Waals surface area contributed by atoms with E-state index in [1.165, 1.54) is 33.5 Å². The topological polar surface area (TPSA) is 110 Å². The number of nitrogens with zero attached hydrogens (tertiary/aromatic N) is 5. The van der Waals surface area contributed by atoms with Gasteiger partial charge >= 0.3 is 0 Å². The molecule has 9 nitrogen and oxygen atoms in total. The minimum atomic E-state index is -3.53. The Morgan fingerprint density at radius 1 is 1.37 bits per heavy atom. The number of hydrogen-bond acceptors (Lipinski definition) is 6. The molecule has 0 aliphatic carbocycles. The molecule has 1 fully saturated rings. The van der Waals surface area contributed by atoms with E-state index in [1.807, 2.05) is 0 Å². The fourth-order valence-electron chi connectivity index (χ4n) is 3.12. The summed E-state index contributed by atoms with van der Waals surface area (Å²) in [6.45, 7) is 2.07. The largest absolute Gasteiger partial charge is 0.322 e. The molecular weight excluding hydrogens is 375 g/mol. The molecule has 0 radical (unpaired) electrons. The second-order valence-electron chi connectivity index (χ2n) is 6.35. The average molecular weight is 396 g/mol. The molecule has 0 bridgehead atoms. The fourth-order valence-corrected chi connectivity index (χ4v) is 4.87. The zero-order valence-corrected chi connectivity index (χ0v) is 15.7. The number of sulfonamides is 1. The summed E-state index contributed by atoms with van der Waals surface area (Å²) in [5, 5.41) is 13.3. The van der Waals surface area contributed by atoms with Gasteiger partial charge in [0, 0.05) is 6.54 Å². The highest BCUT2D eigenvalue weighted by Crippen LogP contribution is 2.24. The molecule has 1 amide bonds. The molecule has 3 rings (SSSR count). The molecule has 2 heterocycles. The van der Waals surface area contributed by atoms with Gasteiger partial charge in [0.25, 0.3) is 0 Å². The highest BCUT2D eigenvalue weighted by Gasteiger charge is 2.36. The third kappa shape index (κ3) is 4.30. The van der Waals surface area contributed by atoms with Crippen molar-refractivity contribution >= 4 is 21.6 Å². The first-order chi connectivity index (χ1) is 12.9. The van der Waals surface area contributed by atoms with Gasteiger partial charge in [0.2, 0.25) is 15.9 Å².